The van der Waals surface area contributed by atoms with Crippen molar-refractivity contribution in [2.24, 2.45) is 4.99 Å². The zero-order valence-electron chi connectivity index (χ0n) is 16.3. The highest BCUT2D eigenvalue weighted by atomic mass is 127. The maximum absolute atomic E-state index is 13.0. The predicted octanol–water partition coefficient (Wildman–Crippen LogP) is 3.74. The van der Waals surface area contributed by atoms with E-state index in [1.54, 1.807) is 0 Å². The van der Waals surface area contributed by atoms with E-state index in [9.17, 15) is 4.39 Å². The number of hydrogen-bond donors (Lipinski definition) is 2. The number of nitrogens with one attached hydrogen (secondary N) is 2. The van der Waals surface area contributed by atoms with E-state index in [-0.39, 0.29) is 29.8 Å². The number of fused-ring (bicyclic) bond motifs is 1. The summed E-state index contributed by atoms with van der Waals surface area (Å²) in [6.07, 6.45) is 5.68. The fourth-order valence-electron chi connectivity index (χ4n) is 2.93. The van der Waals surface area contributed by atoms with Crippen molar-refractivity contribution in [1.29, 1.82) is 0 Å². The largest absolute Gasteiger partial charge is 0.357 e. The maximum Gasteiger partial charge on any atom is 0.191 e. The smallest absolute Gasteiger partial charge is 0.191 e. The summed E-state index contributed by atoms with van der Waals surface area (Å²) in [5.41, 5.74) is 4.30. The second-order valence-electron chi connectivity index (χ2n) is 6.47. The molecule has 0 bridgehead atoms. The Hall–Kier alpha value is -2.16. The fraction of sp³-hybridized carbons (Fsp3) is 0.333. The fourth-order valence-corrected chi connectivity index (χ4v) is 2.93. The van der Waals surface area contributed by atoms with E-state index in [1.807, 2.05) is 31.3 Å². The molecule has 28 heavy (non-hydrogen) atoms. The Morgan fingerprint density at radius 3 is 2.64 bits per heavy atom. The zero-order valence-corrected chi connectivity index (χ0v) is 18.6. The number of nitrogens with zero attached hydrogens (tertiary/aromatic N) is 3. The summed E-state index contributed by atoms with van der Waals surface area (Å²) >= 11 is 0. The molecule has 0 unspecified atom stereocenters. The highest BCUT2D eigenvalue weighted by Crippen LogP contribution is 2.10. The number of guanidine groups is 1. The maximum atomic E-state index is 13.0. The van der Waals surface area contributed by atoms with Gasteiger partial charge in [0.15, 0.2) is 5.96 Å². The number of aromatic nitrogens is 2. The standard InChI is InChI=1S/C21H26FN5.HI/c1-3-23-21(24-12-10-17-6-8-18(22)9-7-17)25-13-11-19-15-27-14-4-5-16(2)20(27)26-19;/h4-9,14-15H,3,10-13H2,1-2H3,(H2,23,24,25);1H. The summed E-state index contributed by atoms with van der Waals surface area (Å²) < 4.78 is 15.0. The summed E-state index contributed by atoms with van der Waals surface area (Å²) in [6.45, 7) is 6.32. The van der Waals surface area contributed by atoms with Crippen molar-refractivity contribution in [1.82, 2.24) is 20.0 Å². The van der Waals surface area contributed by atoms with Crippen molar-refractivity contribution in [3.63, 3.8) is 0 Å². The summed E-state index contributed by atoms with van der Waals surface area (Å²) in [7, 11) is 0. The number of imidazole rings is 1. The first-order chi connectivity index (χ1) is 13.2. The first-order valence-electron chi connectivity index (χ1n) is 9.35. The van der Waals surface area contributed by atoms with Gasteiger partial charge in [0.1, 0.15) is 11.5 Å². The van der Waals surface area contributed by atoms with Gasteiger partial charge in [-0.3, -0.25) is 4.99 Å². The quantitative estimate of drug-likeness (QED) is 0.299. The Morgan fingerprint density at radius 1 is 1.14 bits per heavy atom. The SMILES string of the molecule is CCNC(=NCCc1cn2cccc(C)c2n1)NCCc1ccc(F)cc1.I. The Balaban J connectivity index is 0.00000280. The van der Waals surface area contributed by atoms with E-state index < -0.39 is 0 Å². The molecule has 150 valence electrons. The van der Waals surface area contributed by atoms with E-state index in [4.69, 9.17) is 0 Å². The number of pyridine rings is 1. The van der Waals surface area contributed by atoms with Gasteiger partial charge in [-0.25, -0.2) is 9.37 Å². The molecule has 0 atom stereocenters. The number of halogens is 2. The van der Waals surface area contributed by atoms with Crippen LogP contribution in [0, 0.1) is 12.7 Å². The van der Waals surface area contributed by atoms with Crippen LogP contribution in [0.1, 0.15) is 23.7 Å². The van der Waals surface area contributed by atoms with Gasteiger partial charge in [-0.05, 0) is 49.6 Å². The van der Waals surface area contributed by atoms with Gasteiger partial charge in [-0.2, -0.15) is 0 Å². The molecule has 2 heterocycles. The van der Waals surface area contributed by atoms with E-state index in [0.29, 0.717) is 6.54 Å². The molecule has 0 aliphatic rings. The van der Waals surface area contributed by atoms with Crippen molar-refractivity contribution in [3.8, 4) is 0 Å². The zero-order chi connectivity index (χ0) is 19.1. The molecule has 1 aromatic carbocycles. The average molecular weight is 495 g/mol. The highest BCUT2D eigenvalue weighted by molar-refractivity contribution is 14.0. The lowest BCUT2D eigenvalue weighted by molar-refractivity contribution is 0.626. The van der Waals surface area contributed by atoms with Crippen LogP contribution in [-0.4, -0.2) is 35.0 Å². The van der Waals surface area contributed by atoms with Crippen molar-refractivity contribution < 1.29 is 4.39 Å². The molecule has 2 aromatic heterocycles. The third-order valence-electron chi connectivity index (χ3n) is 4.33. The van der Waals surface area contributed by atoms with E-state index >= 15 is 0 Å². The summed E-state index contributed by atoms with van der Waals surface area (Å²) in [5, 5.41) is 6.58. The van der Waals surface area contributed by atoms with Gasteiger partial charge in [0.25, 0.3) is 0 Å². The van der Waals surface area contributed by atoms with Crippen LogP contribution in [0.25, 0.3) is 5.65 Å². The molecular weight excluding hydrogens is 468 g/mol. The van der Waals surface area contributed by atoms with E-state index in [2.05, 4.69) is 44.2 Å². The number of benzene rings is 1. The van der Waals surface area contributed by atoms with Crippen LogP contribution in [-0.2, 0) is 12.8 Å². The third kappa shape index (κ3) is 6.19. The molecule has 0 spiro atoms. The second-order valence-corrected chi connectivity index (χ2v) is 6.47. The van der Waals surface area contributed by atoms with Gasteiger partial charge < -0.3 is 15.0 Å². The number of hydrogen-bond acceptors (Lipinski definition) is 2. The summed E-state index contributed by atoms with van der Waals surface area (Å²) in [4.78, 5) is 9.32. The Labute approximate surface area is 182 Å². The average Bonchev–Trinajstić information content (AvgIpc) is 3.08. The molecule has 0 amide bonds. The van der Waals surface area contributed by atoms with E-state index in [1.165, 1.54) is 17.7 Å². The van der Waals surface area contributed by atoms with Crippen LogP contribution in [0.4, 0.5) is 4.39 Å². The number of aliphatic imine (C=N–C) groups is 1. The molecule has 3 rings (SSSR count). The Kier molecular flexibility index (Phi) is 8.69. The highest BCUT2D eigenvalue weighted by Gasteiger charge is 2.04. The Morgan fingerprint density at radius 2 is 1.93 bits per heavy atom. The van der Waals surface area contributed by atoms with Crippen LogP contribution < -0.4 is 10.6 Å². The predicted molar refractivity (Wildman–Crippen MR) is 123 cm³/mol. The first-order valence-corrected chi connectivity index (χ1v) is 9.35. The molecule has 5 nitrogen and oxygen atoms in total. The second kappa shape index (κ2) is 11.0. The molecule has 0 saturated carbocycles. The molecule has 0 aliphatic carbocycles. The molecule has 0 radical (unpaired) electrons. The van der Waals surface area contributed by atoms with Crippen molar-refractivity contribution >= 4 is 35.6 Å². The Bertz CT molecular complexity index is 905. The van der Waals surface area contributed by atoms with Gasteiger partial charge >= 0.3 is 0 Å². The van der Waals surface area contributed by atoms with Gasteiger partial charge in [0, 0.05) is 38.4 Å². The molecular formula is C21H27FIN5. The van der Waals surface area contributed by atoms with Gasteiger partial charge in [-0.1, -0.05) is 18.2 Å². The van der Waals surface area contributed by atoms with Gasteiger partial charge in [-0.15, -0.1) is 24.0 Å². The third-order valence-corrected chi connectivity index (χ3v) is 4.33. The van der Waals surface area contributed by atoms with Crippen LogP contribution in [0.2, 0.25) is 0 Å². The summed E-state index contributed by atoms with van der Waals surface area (Å²) in [5.74, 6) is 0.586. The van der Waals surface area contributed by atoms with Crippen LogP contribution in [0.5, 0.6) is 0 Å². The molecule has 2 N–H and O–H groups in total. The topological polar surface area (TPSA) is 53.7 Å². The van der Waals surface area contributed by atoms with Crippen molar-refractivity contribution in [2.45, 2.75) is 26.7 Å². The lowest BCUT2D eigenvalue weighted by Crippen LogP contribution is -2.38. The van der Waals surface area contributed by atoms with Crippen molar-refractivity contribution in [2.75, 3.05) is 19.6 Å². The van der Waals surface area contributed by atoms with Gasteiger partial charge in [0.05, 0.1) is 5.69 Å². The summed E-state index contributed by atoms with van der Waals surface area (Å²) in [6, 6.07) is 10.7. The monoisotopic (exact) mass is 495 g/mol. The van der Waals surface area contributed by atoms with Gasteiger partial charge in [0.2, 0.25) is 0 Å². The minimum atomic E-state index is -0.205. The first kappa shape index (κ1) is 22.1. The molecule has 3 aromatic rings. The molecule has 0 saturated heterocycles. The normalized spacial score (nSPS) is 11.3. The minimum absolute atomic E-state index is 0. The van der Waals surface area contributed by atoms with Crippen molar-refractivity contribution in [3.05, 3.63) is 71.4 Å². The minimum Gasteiger partial charge on any atom is -0.357 e. The molecule has 0 aliphatic heterocycles. The molecule has 0 fully saturated rings. The molecule has 7 heteroatoms. The number of aryl methyl sites for hydroxylation is 1. The lowest BCUT2D eigenvalue weighted by Gasteiger charge is -2.11. The van der Waals surface area contributed by atoms with Crippen LogP contribution >= 0.6 is 24.0 Å². The van der Waals surface area contributed by atoms with Crippen LogP contribution in [0.15, 0.2) is 53.8 Å². The lowest BCUT2D eigenvalue weighted by atomic mass is 10.1. The van der Waals surface area contributed by atoms with Crippen LogP contribution in [0.3, 0.4) is 0 Å². The van der Waals surface area contributed by atoms with E-state index in [0.717, 1.165) is 48.8 Å². The number of rotatable bonds is 7.